The molecule has 1 aliphatic heterocycles. The molecule has 1 aromatic rings. The molecule has 3 aliphatic rings. The molecule has 104 valence electrons. The number of aromatic nitrogens is 3. The highest BCUT2D eigenvalue weighted by atomic mass is 32.1. The topological polar surface area (TPSA) is 36.9 Å². The van der Waals surface area contributed by atoms with E-state index in [2.05, 4.69) is 19.7 Å². The number of hydrogen-bond donors (Lipinski definition) is 1. The van der Waals surface area contributed by atoms with E-state index in [-0.39, 0.29) is 0 Å². The molecule has 2 aliphatic carbocycles. The average molecular weight is 278 g/mol. The van der Waals surface area contributed by atoms with Gasteiger partial charge < -0.3 is 4.90 Å². The number of anilines is 1. The molecule has 1 saturated heterocycles. The zero-order valence-electron chi connectivity index (χ0n) is 11.4. The Hall–Kier alpha value is -0.840. The van der Waals surface area contributed by atoms with Crippen LogP contribution in [0.4, 0.5) is 5.95 Å². The molecule has 0 amide bonds. The van der Waals surface area contributed by atoms with Crippen LogP contribution >= 0.6 is 12.2 Å². The van der Waals surface area contributed by atoms with Crippen LogP contribution in [0.5, 0.6) is 0 Å². The van der Waals surface area contributed by atoms with Gasteiger partial charge >= 0.3 is 0 Å². The maximum atomic E-state index is 5.38. The fourth-order valence-corrected chi connectivity index (χ4v) is 4.26. The summed E-state index contributed by atoms with van der Waals surface area (Å²) in [5.74, 6) is 1.10. The van der Waals surface area contributed by atoms with Crippen LogP contribution in [-0.2, 0) is 0 Å². The van der Waals surface area contributed by atoms with E-state index in [9.17, 15) is 0 Å². The van der Waals surface area contributed by atoms with Crippen LogP contribution < -0.4 is 4.90 Å². The van der Waals surface area contributed by atoms with Crippen molar-refractivity contribution in [3.8, 4) is 0 Å². The summed E-state index contributed by atoms with van der Waals surface area (Å²) in [4.78, 5) is 2.45. The first-order valence-electron chi connectivity index (χ1n) is 7.69. The third-order valence-electron chi connectivity index (χ3n) is 5.37. The van der Waals surface area contributed by atoms with Gasteiger partial charge in [-0.1, -0.05) is 12.8 Å². The number of aromatic amines is 1. The van der Waals surface area contributed by atoms with Crippen molar-refractivity contribution in [2.45, 2.75) is 57.4 Å². The van der Waals surface area contributed by atoms with E-state index >= 15 is 0 Å². The minimum atomic E-state index is 0.614. The summed E-state index contributed by atoms with van der Waals surface area (Å²) < 4.78 is 3.06. The maximum Gasteiger partial charge on any atom is 0.225 e. The Kier molecular flexibility index (Phi) is 2.72. The molecule has 4 nitrogen and oxygen atoms in total. The highest BCUT2D eigenvalue weighted by Crippen LogP contribution is 2.47. The largest absolute Gasteiger partial charge is 0.341 e. The maximum absolute atomic E-state index is 5.38. The fraction of sp³-hybridized carbons (Fsp3) is 0.857. The number of nitrogens with zero attached hydrogens (tertiary/aromatic N) is 3. The highest BCUT2D eigenvalue weighted by molar-refractivity contribution is 7.71. The number of nitrogens with one attached hydrogen (secondary N) is 1. The van der Waals surface area contributed by atoms with Gasteiger partial charge in [0.1, 0.15) is 0 Å². The summed E-state index contributed by atoms with van der Waals surface area (Å²) in [6, 6.07) is 0.614. The Labute approximate surface area is 119 Å². The molecule has 4 rings (SSSR count). The molecule has 1 N–H and O–H groups in total. The van der Waals surface area contributed by atoms with Crippen LogP contribution in [0.25, 0.3) is 0 Å². The zero-order chi connectivity index (χ0) is 12.9. The first-order valence-corrected chi connectivity index (χ1v) is 8.10. The molecule has 0 atom stereocenters. The van der Waals surface area contributed by atoms with E-state index in [0.29, 0.717) is 11.5 Å². The van der Waals surface area contributed by atoms with Gasteiger partial charge in [-0.25, -0.2) is 5.10 Å². The van der Waals surface area contributed by atoms with Crippen LogP contribution in [-0.4, -0.2) is 27.9 Å². The number of H-pyrrole nitrogens is 1. The predicted molar refractivity (Wildman–Crippen MR) is 78.0 cm³/mol. The minimum absolute atomic E-state index is 0.614. The van der Waals surface area contributed by atoms with Gasteiger partial charge in [0.15, 0.2) is 4.77 Å². The van der Waals surface area contributed by atoms with Crippen molar-refractivity contribution in [3.63, 3.8) is 0 Å². The van der Waals surface area contributed by atoms with Crippen LogP contribution in [0.15, 0.2) is 0 Å². The second-order valence-corrected chi connectivity index (χ2v) is 7.01. The normalized spacial score (nSPS) is 26.2. The standard InChI is InChI=1S/C14H22N4S/c19-13-16-15-12(18(13)11-3-4-11)17-9-7-14(8-10-17)5-1-2-6-14/h11H,1-10H2,(H,16,19). The molecular weight excluding hydrogens is 256 g/mol. The molecule has 0 radical (unpaired) electrons. The molecule has 19 heavy (non-hydrogen) atoms. The lowest BCUT2D eigenvalue weighted by molar-refractivity contribution is 0.225. The van der Waals surface area contributed by atoms with Gasteiger partial charge in [-0.05, 0) is 56.2 Å². The Morgan fingerprint density at radius 2 is 1.79 bits per heavy atom. The van der Waals surface area contributed by atoms with Gasteiger partial charge in [0.2, 0.25) is 5.95 Å². The summed E-state index contributed by atoms with van der Waals surface area (Å²) >= 11 is 5.38. The third-order valence-corrected chi connectivity index (χ3v) is 5.66. The van der Waals surface area contributed by atoms with Gasteiger partial charge in [0.05, 0.1) is 0 Å². The van der Waals surface area contributed by atoms with Crippen LogP contribution in [0.2, 0.25) is 0 Å². The summed E-state index contributed by atoms with van der Waals surface area (Å²) in [7, 11) is 0. The number of rotatable bonds is 2. The van der Waals surface area contributed by atoms with Crippen molar-refractivity contribution in [1.82, 2.24) is 14.8 Å². The van der Waals surface area contributed by atoms with E-state index in [1.807, 2.05) is 0 Å². The fourth-order valence-electron chi connectivity index (χ4n) is 3.99. The minimum Gasteiger partial charge on any atom is -0.341 e. The van der Waals surface area contributed by atoms with Gasteiger partial charge in [-0.3, -0.25) is 4.57 Å². The Balaban J connectivity index is 1.53. The Morgan fingerprint density at radius 3 is 2.42 bits per heavy atom. The van der Waals surface area contributed by atoms with E-state index in [0.717, 1.165) is 23.8 Å². The van der Waals surface area contributed by atoms with E-state index in [1.54, 1.807) is 0 Å². The van der Waals surface area contributed by atoms with Crippen LogP contribution in [0, 0.1) is 10.2 Å². The van der Waals surface area contributed by atoms with Gasteiger partial charge in [0.25, 0.3) is 0 Å². The van der Waals surface area contributed by atoms with E-state index < -0.39 is 0 Å². The van der Waals surface area contributed by atoms with E-state index in [4.69, 9.17) is 12.2 Å². The molecule has 1 aromatic heterocycles. The van der Waals surface area contributed by atoms with Gasteiger partial charge in [-0.2, -0.15) is 0 Å². The monoisotopic (exact) mass is 278 g/mol. The molecular formula is C14H22N4S. The molecule has 1 spiro atoms. The van der Waals surface area contributed by atoms with Crippen molar-refractivity contribution in [2.24, 2.45) is 5.41 Å². The average Bonchev–Trinajstić information content (AvgIpc) is 3.05. The van der Waals surface area contributed by atoms with Gasteiger partial charge in [-0.15, -0.1) is 5.10 Å². The summed E-state index contributed by atoms with van der Waals surface area (Å²) in [5, 5.41) is 7.48. The van der Waals surface area contributed by atoms with Crippen molar-refractivity contribution in [2.75, 3.05) is 18.0 Å². The molecule has 2 saturated carbocycles. The summed E-state index contributed by atoms with van der Waals surface area (Å²) in [6.45, 7) is 2.32. The second kappa shape index (κ2) is 4.33. The van der Waals surface area contributed by atoms with Crippen molar-refractivity contribution < 1.29 is 0 Å². The lowest BCUT2D eigenvalue weighted by Crippen LogP contribution is -2.40. The second-order valence-electron chi connectivity index (χ2n) is 6.62. The lowest BCUT2D eigenvalue weighted by atomic mass is 9.77. The first kappa shape index (κ1) is 11.9. The van der Waals surface area contributed by atoms with Crippen molar-refractivity contribution in [1.29, 1.82) is 0 Å². The summed E-state index contributed by atoms with van der Waals surface area (Å²) in [6.07, 6.45) is 11.0. The SMILES string of the molecule is S=c1[nH]nc(N2CCC3(CCCC3)CC2)n1C1CC1. The smallest absolute Gasteiger partial charge is 0.225 e. The Bertz CT molecular complexity index is 512. The van der Waals surface area contributed by atoms with Gasteiger partial charge in [0, 0.05) is 19.1 Å². The first-order chi connectivity index (χ1) is 9.27. The Morgan fingerprint density at radius 1 is 1.11 bits per heavy atom. The lowest BCUT2D eigenvalue weighted by Gasteiger charge is -2.39. The summed E-state index contributed by atoms with van der Waals surface area (Å²) in [5.41, 5.74) is 0.675. The van der Waals surface area contributed by atoms with Crippen molar-refractivity contribution >= 4 is 18.2 Å². The predicted octanol–water partition coefficient (Wildman–Crippen LogP) is 3.44. The van der Waals surface area contributed by atoms with Crippen molar-refractivity contribution in [3.05, 3.63) is 4.77 Å². The molecule has 5 heteroatoms. The molecule has 0 bridgehead atoms. The molecule has 3 fully saturated rings. The van der Waals surface area contributed by atoms with Crippen LogP contribution in [0.3, 0.4) is 0 Å². The zero-order valence-corrected chi connectivity index (χ0v) is 12.2. The molecule has 0 aromatic carbocycles. The molecule has 0 unspecified atom stereocenters. The highest BCUT2D eigenvalue weighted by Gasteiger charge is 2.38. The number of hydrogen-bond acceptors (Lipinski definition) is 3. The number of piperidine rings is 1. The molecule has 2 heterocycles. The third kappa shape index (κ3) is 2.02. The van der Waals surface area contributed by atoms with Crippen LogP contribution in [0.1, 0.15) is 57.4 Å². The van der Waals surface area contributed by atoms with E-state index in [1.165, 1.54) is 51.4 Å². The quantitative estimate of drug-likeness (QED) is 0.842.